The van der Waals surface area contributed by atoms with E-state index in [2.05, 4.69) is 0 Å². The number of aliphatic hydroxyl groups excluding tert-OH is 1. The number of benzene rings is 1. The fraction of sp³-hybridized carbons (Fsp3) is 0.400. The van der Waals surface area contributed by atoms with Crippen molar-refractivity contribution in [1.82, 2.24) is 0 Å². The van der Waals surface area contributed by atoms with E-state index in [0.717, 1.165) is 0 Å². The van der Waals surface area contributed by atoms with Gasteiger partial charge in [0, 0.05) is 18.2 Å². The molecular formula is C10H14FNO2. The van der Waals surface area contributed by atoms with E-state index in [4.69, 9.17) is 10.8 Å². The fourth-order valence-corrected chi connectivity index (χ4v) is 1.29. The second-order valence-corrected chi connectivity index (χ2v) is 3.18. The van der Waals surface area contributed by atoms with Gasteiger partial charge in [0.25, 0.3) is 0 Å². The standard InChI is InChI=1S/C10H14FNO2/c11-7-3-4-10(14)8(6-7)9(12)2-1-5-13/h3-4,6,9,13-14H,1-2,5,12H2/t9-/m0/s1. The first-order valence-electron chi connectivity index (χ1n) is 4.50. The van der Waals surface area contributed by atoms with Crippen molar-refractivity contribution in [2.75, 3.05) is 6.61 Å². The molecule has 0 unspecified atom stereocenters. The summed E-state index contributed by atoms with van der Waals surface area (Å²) in [5, 5.41) is 18.0. The number of phenols is 1. The molecule has 0 bridgehead atoms. The van der Waals surface area contributed by atoms with E-state index in [0.29, 0.717) is 18.4 Å². The second kappa shape index (κ2) is 4.93. The van der Waals surface area contributed by atoms with Gasteiger partial charge < -0.3 is 15.9 Å². The van der Waals surface area contributed by atoms with Gasteiger partial charge in [0.1, 0.15) is 11.6 Å². The van der Waals surface area contributed by atoms with Crippen LogP contribution in [0.1, 0.15) is 24.4 Å². The van der Waals surface area contributed by atoms with Gasteiger partial charge in [0.05, 0.1) is 0 Å². The van der Waals surface area contributed by atoms with Crippen LogP contribution < -0.4 is 5.73 Å². The number of phenolic OH excluding ortho intramolecular Hbond substituents is 1. The Morgan fingerprint density at radius 3 is 2.79 bits per heavy atom. The van der Waals surface area contributed by atoms with Crippen LogP contribution in [0.25, 0.3) is 0 Å². The lowest BCUT2D eigenvalue weighted by molar-refractivity contribution is 0.279. The molecule has 4 N–H and O–H groups in total. The molecule has 0 aromatic heterocycles. The Balaban J connectivity index is 2.77. The molecule has 3 nitrogen and oxygen atoms in total. The lowest BCUT2D eigenvalue weighted by Crippen LogP contribution is -2.11. The lowest BCUT2D eigenvalue weighted by atomic mass is 10.0. The minimum absolute atomic E-state index is 0.00293. The van der Waals surface area contributed by atoms with Gasteiger partial charge in [-0.1, -0.05) is 0 Å². The molecule has 1 atom stereocenters. The normalized spacial score (nSPS) is 12.8. The molecule has 1 rings (SSSR count). The van der Waals surface area contributed by atoms with Crippen molar-refractivity contribution in [2.45, 2.75) is 18.9 Å². The maximum atomic E-state index is 12.8. The van der Waals surface area contributed by atoms with E-state index in [9.17, 15) is 9.50 Å². The summed E-state index contributed by atoms with van der Waals surface area (Å²) in [5.74, 6) is -0.422. The first-order chi connectivity index (χ1) is 6.65. The maximum absolute atomic E-state index is 12.8. The van der Waals surface area contributed by atoms with Crippen molar-refractivity contribution >= 4 is 0 Å². The van der Waals surface area contributed by atoms with Crippen LogP contribution in [0.5, 0.6) is 5.75 Å². The number of hydrogen-bond donors (Lipinski definition) is 3. The van der Waals surface area contributed by atoms with Gasteiger partial charge in [-0.05, 0) is 31.0 Å². The van der Waals surface area contributed by atoms with E-state index >= 15 is 0 Å². The van der Waals surface area contributed by atoms with Gasteiger partial charge in [0.15, 0.2) is 0 Å². The zero-order chi connectivity index (χ0) is 10.6. The van der Waals surface area contributed by atoms with Crippen LogP contribution >= 0.6 is 0 Å². The average molecular weight is 199 g/mol. The molecule has 0 aliphatic rings. The summed E-state index contributed by atoms with van der Waals surface area (Å²) in [4.78, 5) is 0. The third kappa shape index (κ3) is 2.68. The number of aromatic hydroxyl groups is 1. The summed E-state index contributed by atoms with van der Waals surface area (Å²) in [5.41, 5.74) is 6.10. The van der Waals surface area contributed by atoms with Crippen molar-refractivity contribution in [3.05, 3.63) is 29.6 Å². The molecule has 0 aliphatic carbocycles. The zero-order valence-corrected chi connectivity index (χ0v) is 7.78. The van der Waals surface area contributed by atoms with Gasteiger partial charge in [-0.15, -0.1) is 0 Å². The number of aliphatic hydroxyl groups is 1. The highest BCUT2D eigenvalue weighted by atomic mass is 19.1. The Labute approximate surface area is 82.0 Å². The van der Waals surface area contributed by atoms with Crippen LogP contribution in [0.2, 0.25) is 0 Å². The van der Waals surface area contributed by atoms with E-state index < -0.39 is 11.9 Å². The molecule has 0 fully saturated rings. The van der Waals surface area contributed by atoms with Gasteiger partial charge in [-0.2, -0.15) is 0 Å². The minimum atomic E-state index is -0.433. The largest absolute Gasteiger partial charge is 0.508 e. The Morgan fingerprint density at radius 1 is 1.43 bits per heavy atom. The fourth-order valence-electron chi connectivity index (χ4n) is 1.29. The van der Waals surface area contributed by atoms with Crippen LogP contribution in [0.15, 0.2) is 18.2 Å². The van der Waals surface area contributed by atoms with Crippen molar-refractivity contribution in [3.8, 4) is 5.75 Å². The van der Waals surface area contributed by atoms with Gasteiger partial charge in [-0.3, -0.25) is 0 Å². The number of halogens is 1. The molecule has 0 radical (unpaired) electrons. The Morgan fingerprint density at radius 2 is 2.14 bits per heavy atom. The van der Waals surface area contributed by atoms with E-state index in [1.807, 2.05) is 0 Å². The molecule has 0 amide bonds. The zero-order valence-electron chi connectivity index (χ0n) is 7.78. The Bertz CT molecular complexity index is 304. The third-order valence-electron chi connectivity index (χ3n) is 2.06. The average Bonchev–Trinajstić information content (AvgIpc) is 2.18. The molecule has 4 heteroatoms. The molecular weight excluding hydrogens is 185 g/mol. The topological polar surface area (TPSA) is 66.5 Å². The summed E-state index contributed by atoms with van der Waals surface area (Å²) < 4.78 is 12.8. The van der Waals surface area contributed by atoms with Crippen molar-refractivity contribution in [1.29, 1.82) is 0 Å². The first kappa shape index (κ1) is 10.9. The summed E-state index contributed by atoms with van der Waals surface area (Å²) in [6.45, 7) is 0.0454. The summed E-state index contributed by atoms with van der Waals surface area (Å²) in [6.07, 6.45) is 1.06. The number of hydrogen-bond acceptors (Lipinski definition) is 3. The third-order valence-corrected chi connectivity index (χ3v) is 2.06. The van der Waals surface area contributed by atoms with Crippen molar-refractivity contribution in [3.63, 3.8) is 0 Å². The van der Waals surface area contributed by atoms with Crippen LogP contribution in [0.3, 0.4) is 0 Å². The first-order valence-corrected chi connectivity index (χ1v) is 4.50. The van der Waals surface area contributed by atoms with Gasteiger partial charge >= 0.3 is 0 Å². The maximum Gasteiger partial charge on any atom is 0.123 e. The predicted molar refractivity (Wildman–Crippen MR) is 51.3 cm³/mol. The van der Waals surface area contributed by atoms with Crippen LogP contribution in [-0.4, -0.2) is 16.8 Å². The Kier molecular flexibility index (Phi) is 3.85. The number of rotatable bonds is 4. The SMILES string of the molecule is N[C@@H](CCCO)c1cc(F)ccc1O. The smallest absolute Gasteiger partial charge is 0.123 e. The molecule has 0 heterocycles. The second-order valence-electron chi connectivity index (χ2n) is 3.18. The highest BCUT2D eigenvalue weighted by molar-refractivity contribution is 5.34. The predicted octanol–water partition coefficient (Wildman–Crippen LogP) is 1.30. The van der Waals surface area contributed by atoms with Gasteiger partial charge in [-0.25, -0.2) is 4.39 Å². The van der Waals surface area contributed by atoms with E-state index in [1.165, 1.54) is 18.2 Å². The van der Waals surface area contributed by atoms with Crippen molar-refractivity contribution < 1.29 is 14.6 Å². The molecule has 1 aromatic carbocycles. The molecule has 78 valence electrons. The Hall–Kier alpha value is -1.13. The highest BCUT2D eigenvalue weighted by Gasteiger charge is 2.11. The molecule has 0 spiro atoms. The van der Waals surface area contributed by atoms with E-state index in [-0.39, 0.29) is 12.4 Å². The monoisotopic (exact) mass is 199 g/mol. The molecule has 0 aliphatic heterocycles. The number of nitrogens with two attached hydrogens (primary N) is 1. The summed E-state index contributed by atoms with van der Waals surface area (Å²) in [6, 6.07) is 3.25. The molecule has 0 saturated carbocycles. The molecule has 0 saturated heterocycles. The van der Waals surface area contributed by atoms with Gasteiger partial charge in [0.2, 0.25) is 0 Å². The van der Waals surface area contributed by atoms with Crippen LogP contribution in [0, 0.1) is 5.82 Å². The van der Waals surface area contributed by atoms with Crippen LogP contribution in [0.4, 0.5) is 4.39 Å². The minimum Gasteiger partial charge on any atom is -0.508 e. The summed E-state index contributed by atoms with van der Waals surface area (Å²) >= 11 is 0. The molecule has 1 aromatic rings. The highest BCUT2D eigenvalue weighted by Crippen LogP contribution is 2.25. The quantitative estimate of drug-likeness (QED) is 0.684. The summed E-state index contributed by atoms with van der Waals surface area (Å²) in [7, 11) is 0. The molecule has 14 heavy (non-hydrogen) atoms. The van der Waals surface area contributed by atoms with Crippen LogP contribution in [-0.2, 0) is 0 Å². The van der Waals surface area contributed by atoms with Crippen molar-refractivity contribution in [2.24, 2.45) is 5.73 Å². The van der Waals surface area contributed by atoms with E-state index in [1.54, 1.807) is 0 Å². The lowest BCUT2D eigenvalue weighted by Gasteiger charge is -2.12.